The molecule has 32 heavy (non-hydrogen) atoms. The third-order valence-corrected chi connectivity index (χ3v) is 12.8. The van der Waals surface area contributed by atoms with E-state index in [0.29, 0.717) is 46.7 Å². The van der Waals surface area contributed by atoms with Crippen LogP contribution in [-0.4, -0.2) is 40.9 Å². The van der Waals surface area contributed by atoms with Gasteiger partial charge in [-0.25, -0.2) is 0 Å². The predicted octanol–water partition coefficient (Wildman–Crippen LogP) is 4.99. The van der Waals surface area contributed by atoms with Crippen LogP contribution in [0, 0.1) is 39.9 Å². The van der Waals surface area contributed by atoms with E-state index in [4.69, 9.17) is 14.2 Å². The van der Waals surface area contributed by atoms with Crippen molar-refractivity contribution < 1.29 is 19.3 Å². The molecule has 3 heterocycles. The van der Waals surface area contributed by atoms with Crippen LogP contribution in [0.15, 0.2) is 12.2 Å². The van der Waals surface area contributed by atoms with Gasteiger partial charge >= 0.3 is 0 Å². The lowest BCUT2D eigenvalue weighted by atomic mass is 9.48. The van der Waals surface area contributed by atoms with E-state index in [2.05, 4.69) is 27.4 Å². The van der Waals surface area contributed by atoms with E-state index in [1.54, 1.807) is 0 Å². The van der Waals surface area contributed by atoms with Crippen LogP contribution < -0.4 is 0 Å². The average Bonchev–Trinajstić information content (AvgIpc) is 3.54. The second kappa shape index (κ2) is 5.53. The van der Waals surface area contributed by atoms with Gasteiger partial charge in [0.15, 0.2) is 6.29 Å². The van der Waals surface area contributed by atoms with Crippen molar-refractivity contribution in [2.75, 3.05) is 0 Å². The molecule has 0 aromatic heterocycles. The van der Waals surface area contributed by atoms with Crippen LogP contribution in [0.4, 0.5) is 0 Å². The van der Waals surface area contributed by atoms with Gasteiger partial charge in [0.1, 0.15) is 5.60 Å². The van der Waals surface area contributed by atoms with Crippen LogP contribution in [0.5, 0.6) is 0 Å². The van der Waals surface area contributed by atoms with E-state index < -0.39 is 0 Å². The maximum Gasteiger partial charge on any atom is 0.165 e. The molecule has 8 fully saturated rings. The molecule has 3 aliphatic heterocycles. The Morgan fingerprint density at radius 2 is 1.97 bits per heavy atom. The van der Waals surface area contributed by atoms with Crippen molar-refractivity contribution in [2.24, 2.45) is 39.9 Å². The van der Waals surface area contributed by atoms with Crippen LogP contribution in [0.2, 0.25) is 0 Å². The first kappa shape index (κ1) is 19.8. The van der Waals surface area contributed by atoms with Gasteiger partial charge in [-0.2, -0.15) is 0 Å². The second-order valence-electron chi connectivity index (χ2n) is 13.8. The summed E-state index contributed by atoms with van der Waals surface area (Å²) >= 11 is 0. The van der Waals surface area contributed by atoms with Crippen molar-refractivity contribution in [3.8, 4) is 0 Å². The lowest BCUT2D eigenvalue weighted by molar-refractivity contribution is -0.174. The molecule has 5 saturated carbocycles. The van der Waals surface area contributed by atoms with E-state index in [-0.39, 0.29) is 29.0 Å². The summed E-state index contributed by atoms with van der Waals surface area (Å²) in [6.07, 6.45) is 12.3. The van der Waals surface area contributed by atoms with E-state index in [0.717, 1.165) is 32.1 Å². The number of aliphatic hydroxyl groups is 1. The van der Waals surface area contributed by atoms with Crippen LogP contribution in [0.25, 0.3) is 0 Å². The van der Waals surface area contributed by atoms with Gasteiger partial charge in [-0.1, -0.05) is 26.0 Å². The molecule has 4 nitrogen and oxygen atoms in total. The summed E-state index contributed by atoms with van der Waals surface area (Å²) in [6.45, 7) is 11.2. The summed E-state index contributed by atoms with van der Waals surface area (Å²) in [4.78, 5) is 0. The minimum Gasteiger partial charge on any atom is -0.393 e. The molecule has 4 spiro atoms. The Balaban J connectivity index is 1.14. The van der Waals surface area contributed by atoms with Crippen LogP contribution in [0.1, 0.15) is 85.0 Å². The average molecular weight is 441 g/mol. The summed E-state index contributed by atoms with van der Waals surface area (Å²) in [5.74, 6) is 2.35. The molecule has 2 bridgehead atoms. The molecule has 8 rings (SSSR count). The highest BCUT2D eigenvalue weighted by Crippen LogP contribution is 2.93. The lowest BCUT2D eigenvalue weighted by Crippen LogP contribution is -2.57. The fourth-order valence-electron chi connectivity index (χ4n) is 11.4. The van der Waals surface area contributed by atoms with Gasteiger partial charge in [-0.05, 0) is 88.4 Å². The quantitative estimate of drug-likeness (QED) is 0.494. The molecular weight excluding hydrogens is 400 g/mol. The first-order valence-corrected chi connectivity index (χ1v) is 13.6. The molecule has 176 valence electrons. The highest BCUT2D eigenvalue weighted by Gasteiger charge is 2.96. The van der Waals surface area contributed by atoms with Crippen molar-refractivity contribution in [1.82, 2.24) is 0 Å². The highest BCUT2D eigenvalue weighted by atomic mass is 16.7. The summed E-state index contributed by atoms with van der Waals surface area (Å²) in [5.41, 5.74) is 2.33. The maximum absolute atomic E-state index is 10.4. The van der Waals surface area contributed by atoms with Crippen LogP contribution >= 0.6 is 0 Å². The normalized spacial score (nSPS) is 64.5. The predicted molar refractivity (Wildman–Crippen MR) is 120 cm³/mol. The summed E-state index contributed by atoms with van der Waals surface area (Å²) in [7, 11) is 0. The number of hydrogen-bond donors (Lipinski definition) is 1. The minimum absolute atomic E-state index is 0.0225. The molecule has 4 heteroatoms. The molecule has 3 saturated heterocycles. The van der Waals surface area contributed by atoms with Crippen molar-refractivity contribution in [1.29, 1.82) is 0 Å². The summed E-state index contributed by atoms with van der Waals surface area (Å²) in [6, 6.07) is 0. The first-order chi connectivity index (χ1) is 15.2. The van der Waals surface area contributed by atoms with Gasteiger partial charge in [0, 0.05) is 22.7 Å². The molecule has 0 aromatic rings. The second-order valence-corrected chi connectivity index (χ2v) is 13.8. The Morgan fingerprint density at radius 3 is 2.78 bits per heavy atom. The molecule has 0 aromatic carbocycles. The Kier molecular flexibility index (Phi) is 3.43. The smallest absolute Gasteiger partial charge is 0.165 e. The zero-order valence-corrected chi connectivity index (χ0v) is 20.1. The van der Waals surface area contributed by atoms with E-state index in [9.17, 15) is 5.11 Å². The molecule has 0 amide bonds. The maximum atomic E-state index is 10.4. The Labute approximate surface area is 192 Å². The third kappa shape index (κ3) is 1.84. The lowest BCUT2D eigenvalue weighted by Gasteiger charge is -2.52. The standard InChI is InChI=1S/C28H40O4/c1-15(2)16(3)5-7-24(4)20-13-19-22-27(20,23(30-19)32-24)10-9-26-14-25(26)8-6-18(29)11-17(25)12-21-28(22,26)31-21/h15,17-23,29H,3,5-14H2,1-2,4H3. The number of rotatable bonds is 4. The van der Waals surface area contributed by atoms with Gasteiger partial charge in [0.25, 0.3) is 0 Å². The van der Waals surface area contributed by atoms with Gasteiger partial charge < -0.3 is 19.3 Å². The first-order valence-electron chi connectivity index (χ1n) is 13.6. The summed E-state index contributed by atoms with van der Waals surface area (Å²) in [5, 5.41) is 10.4. The van der Waals surface area contributed by atoms with Crippen molar-refractivity contribution >= 4 is 0 Å². The van der Waals surface area contributed by atoms with Crippen molar-refractivity contribution in [3.05, 3.63) is 12.2 Å². The molecule has 12 unspecified atom stereocenters. The summed E-state index contributed by atoms with van der Waals surface area (Å²) < 4.78 is 20.5. The fraction of sp³-hybridized carbons (Fsp3) is 0.929. The van der Waals surface area contributed by atoms with E-state index in [1.165, 1.54) is 37.7 Å². The number of hydrogen-bond acceptors (Lipinski definition) is 4. The topological polar surface area (TPSA) is 51.2 Å². The highest BCUT2D eigenvalue weighted by molar-refractivity contribution is 5.42. The Morgan fingerprint density at radius 1 is 1.12 bits per heavy atom. The third-order valence-electron chi connectivity index (χ3n) is 12.8. The van der Waals surface area contributed by atoms with Crippen molar-refractivity contribution in [2.45, 2.75) is 121 Å². The monoisotopic (exact) mass is 440 g/mol. The number of epoxide rings is 1. The van der Waals surface area contributed by atoms with Crippen molar-refractivity contribution in [3.63, 3.8) is 0 Å². The molecular formula is C28H40O4. The van der Waals surface area contributed by atoms with E-state index >= 15 is 0 Å². The Bertz CT molecular complexity index is 915. The molecule has 12 atom stereocenters. The van der Waals surface area contributed by atoms with E-state index in [1.807, 2.05) is 0 Å². The van der Waals surface area contributed by atoms with Gasteiger partial charge in [-0.15, -0.1) is 0 Å². The molecule has 0 radical (unpaired) electrons. The van der Waals surface area contributed by atoms with Crippen LogP contribution in [-0.2, 0) is 14.2 Å². The Hall–Kier alpha value is -0.420. The van der Waals surface area contributed by atoms with Gasteiger partial charge in [0.05, 0.1) is 23.9 Å². The van der Waals surface area contributed by atoms with Gasteiger partial charge in [-0.3, -0.25) is 0 Å². The number of ether oxygens (including phenoxy) is 3. The SMILES string of the molecule is C=C(CCC1(C)OC2OC3CC1C21CCC24CC25CCC(O)CC5CC2OC24C31)C(C)C. The van der Waals surface area contributed by atoms with Crippen LogP contribution in [0.3, 0.4) is 0 Å². The largest absolute Gasteiger partial charge is 0.393 e. The zero-order valence-electron chi connectivity index (χ0n) is 20.1. The van der Waals surface area contributed by atoms with Gasteiger partial charge in [0.2, 0.25) is 0 Å². The number of aliphatic hydroxyl groups excluding tert-OH is 1. The molecule has 5 aliphatic carbocycles. The molecule has 1 N–H and O–H groups in total. The molecule has 8 aliphatic rings. The number of allylic oxidation sites excluding steroid dienone is 1. The fourth-order valence-corrected chi connectivity index (χ4v) is 11.4. The minimum atomic E-state index is -0.0923. The zero-order chi connectivity index (χ0) is 21.9.